The maximum atomic E-state index is 8.62. The van der Waals surface area contributed by atoms with Crippen LogP contribution in [0.2, 0.25) is 0 Å². The number of nitrogens with zero attached hydrogens (tertiary/aromatic N) is 2. The number of benzene rings is 1. The van der Waals surface area contributed by atoms with E-state index in [-0.39, 0.29) is 5.84 Å². The standard InChI is InChI=1S/C14H14BrN3O2/c15-12-3-1-2-10(6-12)8-20-9-11-4-5-17-13(7-11)14(16)18-19/h1-7,19H,8-9H2,(H2,16,18). The van der Waals surface area contributed by atoms with Crippen LogP contribution in [0.5, 0.6) is 0 Å². The Morgan fingerprint density at radius 3 is 2.70 bits per heavy atom. The van der Waals surface area contributed by atoms with Gasteiger partial charge in [-0.2, -0.15) is 0 Å². The fraction of sp³-hybridized carbons (Fsp3) is 0.143. The Morgan fingerprint density at radius 2 is 2.00 bits per heavy atom. The van der Waals surface area contributed by atoms with Crippen molar-refractivity contribution in [2.75, 3.05) is 0 Å². The van der Waals surface area contributed by atoms with E-state index in [1.165, 1.54) is 0 Å². The highest BCUT2D eigenvalue weighted by Gasteiger charge is 2.02. The van der Waals surface area contributed by atoms with E-state index >= 15 is 0 Å². The first-order valence-corrected chi connectivity index (χ1v) is 6.73. The first kappa shape index (κ1) is 14.5. The zero-order valence-electron chi connectivity index (χ0n) is 10.7. The highest BCUT2D eigenvalue weighted by molar-refractivity contribution is 9.10. The molecule has 20 heavy (non-hydrogen) atoms. The van der Waals surface area contributed by atoms with Crippen molar-refractivity contribution in [1.29, 1.82) is 0 Å². The van der Waals surface area contributed by atoms with E-state index in [9.17, 15) is 0 Å². The minimum atomic E-state index is -0.0150. The molecule has 0 aliphatic rings. The van der Waals surface area contributed by atoms with Gasteiger partial charge in [-0.15, -0.1) is 0 Å². The molecule has 3 N–H and O–H groups in total. The lowest BCUT2D eigenvalue weighted by Crippen LogP contribution is -2.15. The average Bonchev–Trinajstić information content (AvgIpc) is 2.47. The smallest absolute Gasteiger partial charge is 0.188 e. The first-order valence-electron chi connectivity index (χ1n) is 5.94. The zero-order valence-corrected chi connectivity index (χ0v) is 12.2. The number of hydrogen-bond donors (Lipinski definition) is 2. The third-order valence-corrected chi connectivity index (χ3v) is 3.11. The molecule has 6 heteroatoms. The second-order valence-electron chi connectivity index (χ2n) is 4.16. The number of nitrogens with two attached hydrogens (primary N) is 1. The van der Waals surface area contributed by atoms with Gasteiger partial charge >= 0.3 is 0 Å². The second kappa shape index (κ2) is 7.02. The third-order valence-electron chi connectivity index (χ3n) is 2.62. The Hall–Kier alpha value is -1.92. The van der Waals surface area contributed by atoms with Gasteiger partial charge in [-0.1, -0.05) is 33.2 Å². The number of pyridine rings is 1. The highest BCUT2D eigenvalue weighted by atomic mass is 79.9. The summed E-state index contributed by atoms with van der Waals surface area (Å²) >= 11 is 3.42. The normalized spacial score (nSPS) is 11.6. The molecular weight excluding hydrogens is 322 g/mol. The fourth-order valence-corrected chi connectivity index (χ4v) is 2.12. The van der Waals surface area contributed by atoms with Crippen molar-refractivity contribution in [2.45, 2.75) is 13.2 Å². The summed E-state index contributed by atoms with van der Waals surface area (Å²) in [7, 11) is 0. The molecule has 0 saturated heterocycles. The van der Waals surface area contributed by atoms with Crippen LogP contribution in [-0.4, -0.2) is 16.0 Å². The summed E-state index contributed by atoms with van der Waals surface area (Å²) in [5.41, 5.74) is 7.92. The van der Waals surface area contributed by atoms with Gasteiger partial charge in [0.2, 0.25) is 0 Å². The van der Waals surface area contributed by atoms with E-state index in [0.29, 0.717) is 18.9 Å². The molecule has 5 nitrogen and oxygen atoms in total. The Bertz CT molecular complexity index is 617. The molecule has 0 radical (unpaired) electrons. The fourth-order valence-electron chi connectivity index (χ4n) is 1.67. The molecule has 0 amide bonds. The third kappa shape index (κ3) is 4.04. The maximum absolute atomic E-state index is 8.62. The van der Waals surface area contributed by atoms with Gasteiger partial charge in [0.05, 0.1) is 13.2 Å². The quantitative estimate of drug-likeness (QED) is 0.381. The topological polar surface area (TPSA) is 80.7 Å². The van der Waals surface area contributed by atoms with E-state index in [4.69, 9.17) is 15.7 Å². The van der Waals surface area contributed by atoms with Gasteiger partial charge in [-0.3, -0.25) is 4.98 Å². The zero-order chi connectivity index (χ0) is 14.4. The number of amidine groups is 1. The van der Waals surface area contributed by atoms with Gasteiger partial charge in [-0.25, -0.2) is 0 Å². The Labute approximate surface area is 125 Å². The predicted octanol–water partition coefficient (Wildman–Crippen LogP) is 2.66. The molecular formula is C14H14BrN3O2. The SMILES string of the molecule is N/C(=N/O)c1cc(COCc2cccc(Br)c2)ccn1. The Kier molecular flexibility index (Phi) is 5.09. The average molecular weight is 336 g/mol. The summed E-state index contributed by atoms with van der Waals surface area (Å²) in [5, 5.41) is 11.5. The van der Waals surface area contributed by atoms with Crippen LogP contribution in [0.25, 0.3) is 0 Å². The van der Waals surface area contributed by atoms with Crippen LogP contribution in [0, 0.1) is 0 Å². The maximum Gasteiger partial charge on any atom is 0.188 e. The summed E-state index contributed by atoms with van der Waals surface area (Å²) in [6, 6.07) is 11.5. The summed E-state index contributed by atoms with van der Waals surface area (Å²) < 4.78 is 6.66. The number of aromatic nitrogens is 1. The predicted molar refractivity (Wildman–Crippen MR) is 79.4 cm³/mol. The molecule has 0 atom stereocenters. The van der Waals surface area contributed by atoms with Gasteiger partial charge in [0.1, 0.15) is 5.69 Å². The molecule has 0 spiro atoms. The number of ether oxygens (including phenoxy) is 1. The van der Waals surface area contributed by atoms with Crippen LogP contribution in [-0.2, 0) is 18.0 Å². The van der Waals surface area contributed by atoms with Crippen molar-refractivity contribution in [2.24, 2.45) is 10.9 Å². The van der Waals surface area contributed by atoms with Crippen LogP contribution in [0.4, 0.5) is 0 Å². The Balaban J connectivity index is 1.94. The van der Waals surface area contributed by atoms with Crippen LogP contribution in [0.3, 0.4) is 0 Å². The first-order chi connectivity index (χ1) is 9.69. The van der Waals surface area contributed by atoms with Crippen molar-refractivity contribution in [1.82, 2.24) is 4.98 Å². The molecule has 0 aliphatic heterocycles. The largest absolute Gasteiger partial charge is 0.409 e. The molecule has 0 aliphatic carbocycles. The van der Waals surface area contributed by atoms with E-state index < -0.39 is 0 Å². The molecule has 1 heterocycles. The number of oxime groups is 1. The number of rotatable bonds is 5. The van der Waals surface area contributed by atoms with E-state index in [0.717, 1.165) is 15.6 Å². The van der Waals surface area contributed by atoms with Crippen molar-refractivity contribution < 1.29 is 9.94 Å². The lowest BCUT2D eigenvalue weighted by molar-refractivity contribution is 0.107. The molecule has 1 aromatic carbocycles. The number of hydrogen-bond acceptors (Lipinski definition) is 4. The molecule has 2 aromatic rings. The van der Waals surface area contributed by atoms with Crippen molar-refractivity contribution in [3.8, 4) is 0 Å². The number of halogens is 1. The van der Waals surface area contributed by atoms with Gasteiger partial charge in [0.25, 0.3) is 0 Å². The van der Waals surface area contributed by atoms with Gasteiger partial charge in [0.15, 0.2) is 5.84 Å². The van der Waals surface area contributed by atoms with Gasteiger partial charge in [-0.05, 0) is 35.4 Å². The van der Waals surface area contributed by atoms with Crippen LogP contribution >= 0.6 is 15.9 Å². The molecule has 104 valence electrons. The second-order valence-corrected chi connectivity index (χ2v) is 5.07. The summed E-state index contributed by atoms with van der Waals surface area (Å²) in [4.78, 5) is 4.01. The van der Waals surface area contributed by atoms with E-state index in [1.807, 2.05) is 30.3 Å². The molecule has 0 fully saturated rings. The van der Waals surface area contributed by atoms with Crippen molar-refractivity contribution in [3.05, 3.63) is 63.9 Å². The summed E-state index contributed by atoms with van der Waals surface area (Å²) in [6.45, 7) is 0.946. The van der Waals surface area contributed by atoms with Crippen molar-refractivity contribution in [3.63, 3.8) is 0 Å². The summed E-state index contributed by atoms with van der Waals surface area (Å²) in [6.07, 6.45) is 1.60. The van der Waals surface area contributed by atoms with Crippen molar-refractivity contribution >= 4 is 21.8 Å². The lowest BCUT2D eigenvalue weighted by atomic mass is 10.2. The van der Waals surface area contributed by atoms with Gasteiger partial charge in [0, 0.05) is 10.7 Å². The lowest BCUT2D eigenvalue weighted by Gasteiger charge is -2.06. The van der Waals surface area contributed by atoms with Crippen LogP contribution < -0.4 is 5.73 Å². The Morgan fingerprint density at radius 1 is 1.25 bits per heavy atom. The van der Waals surface area contributed by atoms with Crippen LogP contribution in [0.15, 0.2) is 52.2 Å². The molecule has 1 aromatic heterocycles. The highest BCUT2D eigenvalue weighted by Crippen LogP contribution is 2.13. The molecule has 0 saturated carbocycles. The van der Waals surface area contributed by atoms with Gasteiger partial charge < -0.3 is 15.7 Å². The molecule has 0 unspecified atom stereocenters. The summed E-state index contributed by atoms with van der Waals surface area (Å²) in [5.74, 6) is -0.0150. The van der Waals surface area contributed by atoms with Crippen LogP contribution in [0.1, 0.15) is 16.8 Å². The monoisotopic (exact) mass is 335 g/mol. The van der Waals surface area contributed by atoms with E-state index in [2.05, 4.69) is 26.1 Å². The molecule has 2 rings (SSSR count). The minimum Gasteiger partial charge on any atom is -0.409 e. The minimum absolute atomic E-state index is 0.0150. The molecule has 0 bridgehead atoms. The van der Waals surface area contributed by atoms with E-state index in [1.54, 1.807) is 12.3 Å².